The Balaban J connectivity index is 1.90. The van der Waals surface area contributed by atoms with Crippen LogP contribution < -0.4 is 10.6 Å². The Bertz CT molecular complexity index is 608. The van der Waals surface area contributed by atoms with Crippen LogP contribution >= 0.6 is 11.6 Å². The molecule has 0 saturated carbocycles. The average Bonchev–Trinajstić information content (AvgIpc) is 2.41. The molecule has 2 aromatic rings. The maximum absolute atomic E-state index is 11.9. The molecule has 0 saturated heterocycles. The number of aryl methyl sites for hydroxylation is 2. The van der Waals surface area contributed by atoms with Gasteiger partial charge in [-0.15, -0.1) is 0 Å². The van der Waals surface area contributed by atoms with Gasteiger partial charge in [0.2, 0.25) is 5.91 Å². The number of nitrogens with one attached hydrogen (secondary N) is 2. The molecule has 20 heavy (non-hydrogen) atoms. The highest BCUT2D eigenvalue weighted by molar-refractivity contribution is 6.33. The Morgan fingerprint density at radius 1 is 1.05 bits per heavy atom. The van der Waals surface area contributed by atoms with E-state index in [0.29, 0.717) is 10.7 Å². The standard InChI is InChI=1S/C16H17ClN2O/c1-11-3-6-13(7-4-11)18-10-16(20)19-15-8-5-12(2)9-14(15)17/h3-9,18H,10H2,1-2H3,(H,19,20). The Kier molecular flexibility index (Phi) is 4.64. The van der Waals surface area contributed by atoms with Crippen LogP contribution in [0.1, 0.15) is 11.1 Å². The SMILES string of the molecule is Cc1ccc(NCC(=O)Nc2ccc(C)cc2Cl)cc1. The summed E-state index contributed by atoms with van der Waals surface area (Å²) in [5.74, 6) is -0.128. The number of anilines is 2. The highest BCUT2D eigenvalue weighted by Crippen LogP contribution is 2.22. The summed E-state index contributed by atoms with van der Waals surface area (Å²) in [6, 6.07) is 13.4. The fourth-order valence-corrected chi connectivity index (χ4v) is 2.05. The van der Waals surface area contributed by atoms with Gasteiger partial charge in [0, 0.05) is 5.69 Å². The minimum absolute atomic E-state index is 0.128. The van der Waals surface area contributed by atoms with E-state index in [1.807, 2.05) is 50.2 Å². The van der Waals surface area contributed by atoms with Gasteiger partial charge < -0.3 is 10.6 Å². The first-order valence-corrected chi connectivity index (χ1v) is 6.79. The Morgan fingerprint density at radius 2 is 1.70 bits per heavy atom. The highest BCUT2D eigenvalue weighted by atomic mass is 35.5. The molecule has 0 atom stereocenters. The zero-order valence-corrected chi connectivity index (χ0v) is 12.3. The summed E-state index contributed by atoms with van der Waals surface area (Å²) >= 11 is 6.07. The molecule has 0 aliphatic heterocycles. The zero-order valence-electron chi connectivity index (χ0n) is 11.5. The average molecular weight is 289 g/mol. The normalized spacial score (nSPS) is 10.2. The molecule has 0 bridgehead atoms. The predicted octanol–water partition coefficient (Wildman–Crippen LogP) is 4.01. The van der Waals surface area contributed by atoms with Crippen molar-refractivity contribution >= 4 is 28.9 Å². The monoisotopic (exact) mass is 288 g/mol. The Hall–Kier alpha value is -2.00. The summed E-state index contributed by atoms with van der Waals surface area (Å²) in [5.41, 5.74) is 3.80. The van der Waals surface area contributed by atoms with E-state index < -0.39 is 0 Å². The van der Waals surface area contributed by atoms with Gasteiger partial charge in [-0.2, -0.15) is 0 Å². The fraction of sp³-hybridized carbons (Fsp3) is 0.188. The van der Waals surface area contributed by atoms with Gasteiger partial charge in [-0.05, 0) is 43.7 Å². The molecule has 3 nitrogen and oxygen atoms in total. The quantitative estimate of drug-likeness (QED) is 0.892. The van der Waals surface area contributed by atoms with Crippen LogP contribution in [-0.2, 0) is 4.79 Å². The summed E-state index contributed by atoms with van der Waals surface area (Å²) in [6.45, 7) is 4.18. The second kappa shape index (κ2) is 6.44. The number of hydrogen-bond acceptors (Lipinski definition) is 2. The topological polar surface area (TPSA) is 41.1 Å². The van der Waals surface area contributed by atoms with Crippen LogP contribution in [0.15, 0.2) is 42.5 Å². The second-order valence-electron chi connectivity index (χ2n) is 4.75. The summed E-state index contributed by atoms with van der Waals surface area (Å²) in [5, 5.41) is 6.40. The van der Waals surface area contributed by atoms with Crippen LogP contribution in [-0.4, -0.2) is 12.5 Å². The lowest BCUT2D eigenvalue weighted by molar-refractivity contribution is -0.114. The summed E-state index contributed by atoms with van der Waals surface area (Å²) in [7, 11) is 0. The van der Waals surface area contributed by atoms with E-state index in [-0.39, 0.29) is 12.5 Å². The van der Waals surface area contributed by atoms with Gasteiger partial charge in [0.1, 0.15) is 0 Å². The van der Waals surface area contributed by atoms with Crippen LogP contribution in [0.25, 0.3) is 0 Å². The van der Waals surface area contributed by atoms with E-state index in [4.69, 9.17) is 11.6 Å². The van der Waals surface area contributed by atoms with E-state index in [0.717, 1.165) is 11.3 Å². The van der Waals surface area contributed by atoms with Crippen LogP contribution in [0.2, 0.25) is 5.02 Å². The van der Waals surface area contributed by atoms with Crippen molar-refractivity contribution in [2.75, 3.05) is 17.2 Å². The summed E-state index contributed by atoms with van der Waals surface area (Å²) < 4.78 is 0. The van der Waals surface area contributed by atoms with Crippen molar-refractivity contribution < 1.29 is 4.79 Å². The van der Waals surface area contributed by atoms with Crippen molar-refractivity contribution in [1.29, 1.82) is 0 Å². The molecule has 2 N–H and O–H groups in total. The molecule has 2 rings (SSSR count). The molecule has 4 heteroatoms. The number of benzene rings is 2. The maximum Gasteiger partial charge on any atom is 0.243 e. The van der Waals surface area contributed by atoms with Crippen molar-refractivity contribution in [2.45, 2.75) is 13.8 Å². The molecule has 0 aliphatic carbocycles. The Morgan fingerprint density at radius 3 is 2.35 bits per heavy atom. The molecule has 0 aliphatic rings. The lowest BCUT2D eigenvalue weighted by atomic mass is 10.2. The lowest BCUT2D eigenvalue weighted by Crippen LogP contribution is -2.21. The third-order valence-corrected chi connectivity index (χ3v) is 3.22. The van der Waals surface area contributed by atoms with Gasteiger partial charge in [-0.3, -0.25) is 4.79 Å². The molecule has 0 aromatic heterocycles. The number of rotatable bonds is 4. The van der Waals surface area contributed by atoms with E-state index in [1.165, 1.54) is 5.56 Å². The minimum atomic E-state index is -0.128. The van der Waals surface area contributed by atoms with E-state index >= 15 is 0 Å². The number of halogens is 1. The van der Waals surface area contributed by atoms with Crippen molar-refractivity contribution in [3.05, 3.63) is 58.6 Å². The molecule has 104 valence electrons. The van der Waals surface area contributed by atoms with Crippen LogP contribution in [0, 0.1) is 13.8 Å². The molecule has 0 heterocycles. The van der Waals surface area contributed by atoms with Gasteiger partial charge in [0.25, 0.3) is 0 Å². The van der Waals surface area contributed by atoms with Gasteiger partial charge in [-0.25, -0.2) is 0 Å². The van der Waals surface area contributed by atoms with Crippen molar-refractivity contribution in [3.8, 4) is 0 Å². The second-order valence-corrected chi connectivity index (χ2v) is 5.16. The molecule has 0 unspecified atom stereocenters. The number of carbonyl (C=O) groups is 1. The number of hydrogen-bond donors (Lipinski definition) is 2. The van der Waals surface area contributed by atoms with Gasteiger partial charge in [-0.1, -0.05) is 35.4 Å². The molecular weight excluding hydrogens is 272 g/mol. The van der Waals surface area contributed by atoms with Crippen molar-refractivity contribution in [1.82, 2.24) is 0 Å². The fourth-order valence-electron chi connectivity index (χ4n) is 1.77. The first-order chi connectivity index (χ1) is 9.54. The van der Waals surface area contributed by atoms with Gasteiger partial charge >= 0.3 is 0 Å². The first kappa shape index (κ1) is 14.4. The maximum atomic E-state index is 11.9. The van der Waals surface area contributed by atoms with E-state index in [2.05, 4.69) is 10.6 Å². The zero-order chi connectivity index (χ0) is 14.5. The summed E-state index contributed by atoms with van der Waals surface area (Å²) in [4.78, 5) is 11.9. The molecule has 0 radical (unpaired) electrons. The minimum Gasteiger partial charge on any atom is -0.376 e. The third-order valence-electron chi connectivity index (χ3n) is 2.90. The van der Waals surface area contributed by atoms with E-state index in [1.54, 1.807) is 6.07 Å². The smallest absolute Gasteiger partial charge is 0.243 e. The molecule has 2 aromatic carbocycles. The van der Waals surface area contributed by atoms with Crippen LogP contribution in [0.3, 0.4) is 0 Å². The molecule has 0 fully saturated rings. The van der Waals surface area contributed by atoms with Crippen molar-refractivity contribution in [3.63, 3.8) is 0 Å². The Labute approximate surface area is 124 Å². The van der Waals surface area contributed by atoms with Gasteiger partial charge in [0.05, 0.1) is 17.3 Å². The van der Waals surface area contributed by atoms with Crippen LogP contribution in [0.5, 0.6) is 0 Å². The molecular formula is C16H17ClN2O. The first-order valence-electron chi connectivity index (χ1n) is 6.41. The largest absolute Gasteiger partial charge is 0.376 e. The number of carbonyl (C=O) groups excluding carboxylic acids is 1. The third kappa shape index (κ3) is 4.00. The lowest BCUT2D eigenvalue weighted by Gasteiger charge is -2.09. The number of amides is 1. The highest BCUT2D eigenvalue weighted by Gasteiger charge is 2.05. The predicted molar refractivity (Wildman–Crippen MR) is 84.5 cm³/mol. The summed E-state index contributed by atoms with van der Waals surface area (Å²) in [6.07, 6.45) is 0. The molecule has 1 amide bonds. The van der Waals surface area contributed by atoms with E-state index in [9.17, 15) is 4.79 Å². The van der Waals surface area contributed by atoms with Gasteiger partial charge in [0.15, 0.2) is 0 Å². The molecule has 0 spiro atoms. The van der Waals surface area contributed by atoms with Crippen molar-refractivity contribution in [2.24, 2.45) is 0 Å². The van der Waals surface area contributed by atoms with Crippen LogP contribution in [0.4, 0.5) is 11.4 Å².